The highest BCUT2D eigenvalue weighted by Crippen LogP contribution is 2.16. The molecule has 0 aliphatic rings. The quantitative estimate of drug-likeness (QED) is 0.696. The Morgan fingerprint density at radius 3 is 2.87 bits per heavy atom. The van der Waals surface area contributed by atoms with Gasteiger partial charge in [0.25, 0.3) is 0 Å². The molecule has 23 heavy (non-hydrogen) atoms. The second-order valence-electron chi connectivity index (χ2n) is 5.51. The minimum Gasteiger partial charge on any atom is -0.392 e. The molecular formula is C17H23N3O3. The molecule has 0 aliphatic heterocycles. The van der Waals surface area contributed by atoms with Gasteiger partial charge in [0.15, 0.2) is 5.82 Å². The second-order valence-corrected chi connectivity index (χ2v) is 5.51. The fourth-order valence-electron chi connectivity index (χ4n) is 2.28. The summed E-state index contributed by atoms with van der Waals surface area (Å²) in [6.07, 6.45) is 2.65. The highest BCUT2D eigenvalue weighted by atomic mass is 16.5. The zero-order valence-corrected chi connectivity index (χ0v) is 13.5. The van der Waals surface area contributed by atoms with E-state index < -0.39 is 0 Å². The molecule has 0 aliphatic carbocycles. The summed E-state index contributed by atoms with van der Waals surface area (Å²) in [5.41, 5.74) is 1.61. The minimum absolute atomic E-state index is 0.0282. The highest BCUT2D eigenvalue weighted by molar-refractivity contribution is 5.95. The minimum atomic E-state index is -0.374. The summed E-state index contributed by atoms with van der Waals surface area (Å²) in [6.45, 7) is 3.83. The van der Waals surface area contributed by atoms with Gasteiger partial charge in [-0.25, -0.2) is 0 Å². The standard InChI is InChI=1S/C17H23N3O3/c1-3-4-8-15(17(22)19-16-9-12(2)23-20-16)18-14-7-5-6-13(10-14)11-21/h5-7,9-10,15,18,21H,3-4,8,11H2,1-2H3,(H,19,20,22). The van der Waals surface area contributed by atoms with Crippen molar-refractivity contribution in [3.8, 4) is 0 Å². The predicted octanol–water partition coefficient (Wildman–Crippen LogP) is 3.08. The van der Waals surface area contributed by atoms with Gasteiger partial charge < -0.3 is 20.3 Å². The SMILES string of the molecule is CCCCC(Nc1cccc(CO)c1)C(=O)Nc1cc(C)on1. The summed E-state index contributed by atoms with van der Waals surface area (Å²) in [5, 5.41) is 19.0. The number of anilines is 2. The maximum Gasteiger partial charge on any atom is 0.248 e. The molecule has 0 fully saturated rings. The number of aromatic nitrogens is 1. The molecule has 1 unspecified atom stereocenters. The van der Waals surface area contributed by atoms with Crippen molar-refractivity contribution in [2.75, 3.05) is 10.6 Å². The van der Waals surface area contributed by atoms with Gasteiger partial charge >= 0.3 is 0 Å². The molecule has 1 amide bonds. The van der Waals surface area contributed by atoms with Gasteiger partial charge in [-0.2, -0.15) is 0 Å². The Hall–Kier alpha value is -2.34. The van der Waals surface area contributed by atoms with Crippen molar-refractivity contribution in [2.45, 2.75) is 45.8 Å². The van der Waals surface area contributed by atoms with E-state index in [1.807, 2.05) is 24.3 Å². The zero-order chi connectivity index (χ0) is 16.7. The number of carbonyl (C=O) groups excluding carboxylic acids is 1. The van der Waals surface area contributed by atoms with E-state index in [4.69, 9.17) is 4.52 Å². The van der Waals surface area contributed by atoms with E-state index in [-0.39, 0.29) is 18.6 Å². The van der Waals surface area contributed by atoms with E-state index in [9.17, 15) is 9.90 Å². The van der Waals surface area contributed by atoms with Crippen LogP contribution in [-0.4, -0.2) is 22.2 Å². The van der Waals surface area contributed by atoms with Gasteiger partial charge in [-0.05, 0) is 31.0 Å². The molecule has 2 aromatic rings. The van der Waals surface area contributed by atoms with Crippen molar-refractivity contribution in [1.82, 2.24) is 5.16 Å². The van der Waals surface area contributed by atoms with Gasteiger partial charge in [0, 0.05) is 11.8 Å². The number of aryl methyl sites for hydroxylation is 1. The van der Waals surface area contributed by atoms with E-state index in [1.165, 1.54) is 0 Å². The van der Waals surface area contributed by atoms with Gasteiger partial charge in [-0.1, -0.05) is 37.1 Å². The number of nitrogens with one attached hydrogen (secondary N) is 2. The Kier molecular flexibility index (Phi) is 6.17. The first-order valence-electron chi connectivity index (χ1n) is 7.83. The number of hydrogen-bond donors (Lipinski definition) is 3. The fourth-order valence-corrected chi connectivity index (χ4v) is 2.28. The molecule has 1 aromatic heterocycles. The largest absolute Gasteiger partial charge is 0.392 e. The lowest BCUT2D eigenvalue weighted by Gasteiger charge is -2.19. The maximum atomic E-state index is 12.5. The number of nitrogens with zero attached hydrogens (tertiary/aromatic N) is 1. The van der Waals surface area contributed by atoms with E-state index in [2.05, 4.69) is 22.7 Å². The molecule has 6 heteroatoms. The summed E-state index contributed by atoms with van der Waals surface area (Å²) in [4.78, 5) is 12.5. The Morgan fingerprint density at radius 1 is 1.39 bits per heavy atom. The number of aliphatic hydroxyl groups is 1. The number of hydrogen-bond acceptors (Lipinski definition) is 5. The maximum absolute atomic E-state index is 12.5. The van der Waals surface area contributed by atoms with Crippen molar-refractivity contribution in [3.05, 3.63) is 41.7 Å². The van der Waals surface area contributed by atoms with Crippen LogP contribution in [0, 0.1) is 6.92 Å². The second kappa shape index (κ2) is 8.33. The predicted molar refractivity (Wildman–Crippen MR) is 89.2 cm³/mol. The lowest BCUT2D eigenvalue weighted by atomic mass is 10.1. The fraction of sp³-hybridized carbons (Fsp3) is 0.412. The number of rotatable bonds is 8. The van der Waals surface area contributed by atoms with E-state index >= 15 is 0 Å². The smallest absolute Gasteiger partial charge is 0.248 e. The monoisotopic (exact) mass is 317 g/mol. The molecule has 0 spiro atoms. The molecule has 124 valence electrons. The molecule has 6 nitrogen and oxygen atoms in total. The lowest BCUT2D eigenvalue weighted by Crippen LogP contribution is -2.34. The van der Waals surface area contributed by atoms with Crippen LogP contribution in [0.3, 0.4) is 0 Å². The average Bonchev–Trinajstić information content (AvgIpc) is 2.96. The van der Waals surface area contributed by atoms with Gasteiger partial charge in [-0.15, -0.1) is 0 Å². The zero-order valence-electron chi connectivity index (χ0n) is 13.5. The van der Waals surface area contributed by atoms with Crippen LogP contribution < -0.4 is 10.6 Å². The van der Waals surface area contributed by atoms with Crippen LogP contribution >= 0.6 is 0 Å². The Balaban J connectivity index is 2.06. The molecule has 2 rings (SSSR count). The van der Waals surface area contributed by atoms with Crippen molar-refractivity contribution < 1.29 is 14.4 Å². The van der Waals surface area contributed by atoms with Crippen LogP contribution in [0.5, 0.6) is 0 Å². The van der Waals surface area contributed by atoms with Crippen molar-refractivity contribution >= 4 is 17.4 Å². The number of carbonyl (C=O) groups is 1. The summed E-state index contributed by atoms with van der Waals surface area (Å²) < 4.78 is 4.96. The van der Waals surface area contributed by atoms with Crippen LogP contribution in [0.15, 0.2) is 34.9 Å². The van der Waals surface area contributed by atoms with Crippen LogP contribution in [0.4, 0.5) is 11.5 Å². The first-order valence-corrected chi connectivity index (χ1v) is 7.83. The highest BCUT2D eigenvalue weighted by Gasteiger charge is 2.19. The first-order chi connectivity index (χ1) is 11.1. The van der Waals surface area contributed by atoms with Gasteiger partial charge in [0.2, 0.25) is 5.91 Å². The summed E-state index contributed by atoms with van der Waals surface area (Å²) in [5.74, 6) is 0.912. The van der Waals surface area contributed by atoms with Crippen LogP contribution in [0.25, 0.3) is 0 Å². The summed E-state index contributed by atoms with van der Waals surface area (Å²) >= 11 is 0. The number of aliphatic hydroxyl groups excluding tert-OH is 1. The molecule has 0 bridgehead atoms. The topological polar surface area (TPSA) is 87.4 Å². The van der Waals surface area contributed by atoms with Crippen molar-refractivity contribution in [3.63, 3.8) is 0 Å². The normalized spacial score (nSPS) is 12.0. The van der Waals surface area contributed by atoms with Crippen molar-refractivity contribution in [2.24, 2.45) is 0 Å². The third kappa shape index (κ3) is 5.10. The third-order valence-corrected chi connectivity index (χ3v) is 3.49. The summed E-state index contributed by atoms with van der Waals surface area (Å²) in [7, 11) is 0. The third-order valence-electron chi connectivity index (χ3n) is 3.49. The van der Waals surface area contributed by atoms with Crippen LogP contribution in [0.1, 0.15) is 37.5 Å². The van der Waals surface area contributed by atoms with Gasteiger partial charge in [-0.3, -0.25) is 4.79 Å². The van der Waals surface area contributed by atoms with E-state index in [1.54, 1.807) is 13.0 Å². The number of unbranched alkanes of at least 4 members (excludes halogenated alkanes) is 1. The molecule has 0 saturated carbocycles. The Morgan fingerprint density at radius 2 is 2.22 bits per heavy atom. The Labute approximate surface area is 135 Å². The van der Waals surface area contributed by atoms with Crippen LogP contribution in [-0.2, 0) is 11.4 Å². The average molecular weight is 317 g/mol. The number of benzene rings is 1. The van der Waals surface area contributed by atoms with Gasteiger partial charge in [0.1, 0.15) is 11.8 Å². The van der Waals surface area contributed by atoms with E-state index in [0.29, 0.717) is 18.0 Å². The Bertz CT molecular complexity index is 640. The summed E-state index contributed by atoms with van der Waals surface area (Å²) in [6, 6.07) is 8.72. The molecule has 1 aromatic carbocycles. The number of amides is 1. The molecule has 0 radical (unpaired) electrons. The molecule has 3 N–H and O–H groups in total. The first kappa shape index (κ1) is 17.0. The molecule has 1 heterocycles. The van der Waals surface area contributed by atoms with Crippen LogP contribution in [0.2, 0.25) is 0 Å². The molecule has 1 atom stereocenters. The molecular weight excluding hydrogens is 294 g/mol. The van der Waals surface area contributed by atoms with E-state index in [0.717, 1.165) is 24.1 Å². The lowest BCUT2D eigenvalue weighted by molar-refractivity contribution is -0.117. The van der Waals surface area contributed by atoms with Gasteiger partial charge in [0.05, 0.1) is 6.61 Å². The van der Waals surface area contributed by atoms with Crippen molar-refractivity contribution in [1.29, 1.82) is 0 Å². The molecule has 0 saturated heterocycles.